The number of benzene rings is 1. The lowest BCUT2D eigenvalue weighted by Gasteiger charge is -2.56. The summed E-state index contributed by atoms with van der Waals surface area (Å²) >= 11 is 0. The van der Waals surface area contributed by atoms with E-state index in [9.17, 15) is 4.79 Å². The lowest BCUT2D eigenvalue weighted by atomic mass is 9.70. The van der Waals surface area contributed by atoms with Gasteiger partial charge < -0.3 is 42.6 Å². The number of methoxy groups -OCH3 is 2. The van der Waals surface area contributed by atoms with Crippen LogP contribution < -0.4 is 0 Å². The number of rotatable bonds is 11. The molecular weight excluding hydrogens is 717 g/mol. The van der Waals surface area contributed by atoms with E-state index < -0.39 is 36.6 Å². The molecule has 1 aromatic carbocycles. The van der Waals surface area contributed by atoms with Crippen LogP contribution in [-0.4, -0.2) is 96.5 Å². The third kappa shape index (κ3) is 11.7. The zero-order chi connectivity index (χ0) is 39.7. The Balaban J connectivity index is 1.44. The summed E-state index contributed by atoms with van der Waals surface area (Å²) in [5.74, 6) is -2.15. The van der Waals surface area contributed by atoms with E-state index in [4.69, 9.17) is 42.6 Å². The molecule has 8 atom stereocenters. The van der Waals surface area contributed by atoms with Crippen molar-refractivity contribution in [1.82, 2.24) is 0 Å². The van der Waals surface area contributed by atoms with Gasteiger partial charge in [0.05, 0.1) is 56.3 Å². The highest BCUT2D eigenvalue weighted by atomic mass is 28.3. The first kappa shape index (κ1) is 44.4. The van der Waals surface area contributed by atoms with Gasteiger partial charge in [0.1, 0.15) is 6.79 Å². The van der Waals surface area contributed by atoms with Crippen LogP contribution in [0, 0.1) is 10.8 Å². The first-order valence-electron chi connectivity index (χ1n) is 20.9. The van der Waals surface area contributed by atoms with Gasteiger partial charge in [-0.05, 0) is 43.7 Å². The van der Waals surface area contributed by atoms with Crippen LogP contribution >= 0.6 is 0 Å². The van der Waals surface area contributed by atoms with Crippen molar-refractivity contribution in [3.05, 3.63) is 48.0 Å². The monoisotopic (exact) mass is 788 g/mol. The van der Waals surface area contributed by atoms with Crippen molar-refractivity contribution in [1.29, 1.82) is 0 Å². The maximum Gasteiger partial charge on any atom is 0.308 e. The van der Waals surface area contributed by atoms with Crippen LogP contribution in [0.15, 0.2) is 42.5 Å². The molecule has 4 aliphatic rings. The molecular formula is C44H72O10Si. The number of cyclic esters (lactones) is 1. The van der Waals surface area contributed by atoms with Gasteiger partial charge in [-0.3, -0.25) is 4.79 Å². The summed E-state index contributed by atoms with van der Waals surface area (Å²) in [6, 6.07) is 11.3. The third-order valence-corrected chi connectivity index (χ3v) is 14.3. The minimum absolute atomic E-state index is 0.0587. The van der Waals surface area contributed by atoms with E-state index in [1.54, 1.807) is 14.2 Å². The number of hydrogen-bond acceptors (Lipinski definition) is 10. The number of carbonyl (C=O) groups is 1. The smallest absolute Gasteiger partial charge is 0.308 e. The van der Waals surface area contributed by atoms with Crippen molar-refractivity contribution >= 4 is 14.0 Å². The molecule has 0 amide bonds. The third-order valence-electron chi connectivity index (χ3n) is 12.6. The van der Waals surface area contributed by atoms with Gasteiger partial charge in [0, 0.05) is 71.8 Å². The van der Waals surface area contributed by atoms with Gasteiger partial charge in [0.25, 0.3) is 0 Å². The largest absolute Gasteiger partial charge is 0.465 e. The number of esters is 1. The molecule has 0 spiro atoms. The number of ether oxygens (including phenoxy) is 9. The normalized spacial score (nSPS) is 35.3. The first-order chi connectivity index (χ1) is 26.1. The van der Waals surface area contributed by atoms with Gasteiger partial charge in [0.15, 0.2) is 11.6 Å². The molecule has 6 bridgehead atoms. The summed E-state index contributed by atoms with van der Waals surface area (Å²) in [6.07, 6.45) is 10.9. The molecule has 3 saturated heterocycles. The molecule has 0 aliphatic carbocycles. The molecule has 4 aliphatic heterocycles. The van der Waals surface area contributed by atoms with Crippen LogP contribution in [0.5, 0.6) is 0 Å². The summed E-state index contributed by atoms with van der Waals surface area (Å²) in [4.78, 5) is 13.5. The Morgan fingerprint density at radius 3 is 2.29 bits per heavy atom. The first-order valence-corrected chi connectivity index (χ1v) is 24.6. The summed E-state index contributed by atoms with van der Waals surface area (Å²) in [5, 5.41) is 0. The topological polar surface area (TPSA) is 100 Å². The van der Waals surface area contributed by atoms with Gasteiger partial charge in [0.2, 0.25) is 0 Å². The molecule has 312 valence electrons. The lowest BCUT2D eigenvalue weighted by Crippen LogP contribution is -2.63. The summed E-state index contributed by atoms with van der Waals surface area (Å²) < 4.78 is 58.5. The van der Waals surface area contributed by atoms with Gasteiger partial charge >= 0.3 is 5.97 Å². The molecule has 5 rings (SSSR count). The fourth-order valence-corrected chi connectivity index (χ4v) is 9.57. The zero-order valence-electron chi connectivity index (χ0n) is 35.4. The van der Waals surface area contributed by atoms with E-state index in [0.29, 0.717) is 38.9 Å². The molecule has 4 heterocycles. The SMILES string of the molecule is CO[C@@]12CCC[C@@H](CCOC(=O)C[C@H](OCOCC[Si](C)(C)C)C[C@@H]3C[C@H](OCc4ccccc4)C(C)(C)[C@](OC)(C[C@@H]4CCC[C@H](/C=C\C1(C)C)O4)O3)O2. The van der Waals surface area contributed by atoms with Crippen molar-refractivity contribution in [2.24, 2.45) is 10.8 Å². The minimum Gasteiger partial charge on any atom is -0.465 e. The van der Waals surface area contributed by atoms with Crippen LogP contribution in [-0.2, 0) is 54.0 Å². The lowest BCUT2D eigenvalue weighted by molar-refractivity contribution is -0.363. The van der Waals surface area contributed by atoms with E-state index in [1.165, 1.54) is 0 Å². The van der Waals surface area contributed by atoms with Gasteiger partial charge in [-0.1, -0.05) is 89.8 Å². The Labute approximate surface area is 332 Å². The van der Waals surface area contributed by atoms with E-state index in [1.807, 2.05) is 18.2 Å². The second-order valence-corrected chi connectivity index (χ2v) is 24.2. The van der Waals surface area contributed by atoms with Gasteiger partial charge in [-0.15, -0.1) is 0 Å². The predicted molar refractivity (Wildman–Crippen MR) is 215 cm³/mol. The Morgan fingerprint density at radius 1 is 0.836 bits per heavy atom. The highest BCUT2D eigenvalue weighted by Gasteiger charge is 2.58. The van der Waals surface area contributed by atoms with Crippen LogP contribution in [0.25, 0.3) is 0 Å². The second-order valence-electron chi connectivity index (χ2n) is 18.6. The average Bonchev–Trinajstić information content (AvgIpc) is 3.14. The Hall–Kier alpha value is -1.67. The number of hydrogen-bond donors (Lipinski definition) is 0. The molecule has 0 N–H and O–H groups in total. The molecule has 11 heteroatoms. The van der Waals surface area contributed by atoms with Crippen molar-refractivity contribution in [3.8, 4) is 0 Å². The van der Waals surface area contributed by atoms with Crippen LogP contribution in [0.2, 0.25) is 25.7 Å². The number of carbonyl (C=O) groups excluding carboxylic acids is 1. The van der Waals surface area contributed by atoms with E-state index in [-0.39, 0.29) is 56.3 Å². The maximum absolute atomic E-state index is 13.5. The van der Waals surface area contributed by atoms with Crippen molar-refractivity contribution in [2.75, 3.05) is 34.2 Å². The fourth-order valence-electron chi connectivity index (χ4n) is 8.82. The predicted octanol–water partition coefficient (Wildman–Crippen LogP) is 8.98. The Bertz CT molecular complexity index is 1360. The van der Waals surface area contributed by atoms with Gasteiger partial charge in [-0.2, -0.15) is 0 Å². The summed E-state index contributed by atoms with van der Waals surface area (Å²) in [6.45, 7) is 17.1. The maximum atomic E-state index is 13.5. The standard InChI is InChI=1S/C44H72O10Si/c1-41(2)23-20-34-17-13-18-36(52-34)30-44(47-6)42(3,4)39(50-31-33-15-11-10-12-16-33)28-38(54-44)27-37(51-32-48-25-26-55(7,8)9)29-40(45)49-24-21-35-19-14-22-43(41,46-5)53-35/h10-12,15-16,20,23,34-39H,13-14,17-19,21-22,24-32H2,1-9H3/b23-20-/t34-,35+,36+,37-,38-,39+,43-,44+/m1/s1. The quantitative estimate of drug-likeness (QED) is 0.0711. The van der Waals surface area contributed by atoms with E-state index >= 15 is 0 Å². The van der Waals surface area contributed by atoms with Crippen molar-refractivity contribution < 1.29 is 47.4 Å². The average molecular weight is 789 g/mol. The fraction of sp³-hybridized carbons (Fsp3) is 0.795. The van der Waals surface area contributed by atoms with Crippen LogP contribution in [0.4, 0.5) is 0 Å². The molecule has 1 aromatic rings. The highest BCUT2D eigenvalue weighted by Crippen LogP contribution is 2.51. The minimum atomic E-state index is -1.28. The zero-order valence-corrected chi connectivity index (χ0v) is 36.4. The van der Waals surface area contributed by atoms with E-state index in [0.717, 1.165) is 50.1 Å². The van der Waals surface area contributed by atoms with Crippen molar-refractivity contribution in [2.45, 2.75) is 179 Å². The van der Waals surface area contributed by atoms with Gasteiger partial charge in [-0.25, -0.2) is 0 Å². The molecule has 0 radical (unpaired) electrons. The Kier molecular flexibility index (Phi) is 15.7. The molecule has 0 aromatic heterocycles. The van der Waals surface area contributed by atoms with Crippen LogP contribution in [0.1, 0.15) is 104 Å². The molecule has 10 nitrogen and oxygen atoms in total. The summed E-state index contributed by atoms with van der Waals surface area (Å²) in [7, 11) is 2.19. The highest BCUT2D eigenvalue weighted by molar-refractivity contribution is 6.76. The van der Waals surface area contributed by atoms with Crippen LogP contribution in [0.3, 0.4) is 0 Å². The molecule has 55 heavy (non-hydrogen) atoms. The second kappa shape index (κ2) is 19.4. The number of fused-ring (bicyclic) bond motifs is 6. The molecule has 3 fully saturated rings. The molecule has 0 unspecified atom stereocenters. The Morgan fingerprint density at radius 2 is 1.56 bits per heavy atom. The van der Waals surface area contributed by atoms with E-state index in [2.05, 4.69) is 71.6 Å². The van der Waals surface area contributed by atoms with Crippen molar-refractivity contribution in [3.63, 3.8) is 0 Å². The summed E-state index contributed by atoms with van der Waals surface area (Å²) in [5.41, 5.74) is 0.122. The molecule has 0 saturated carbocycles.